The molecule has 4 rings (SSSR count). The number of rotatable bonds is 4. The van der Waals surface area contributed by atoms with Gasteiger partial charge >= 0.3 is 0 Å². The number of carbonyl (C=O) groups excluding carboxylic acids is 1. The number of amides is 1. The first-order chi connectivity index (χ1) is 12.4. The van der Waals surface area contributed by atoms with Gasteiger partial charge in [-0.15, -0.1) is 11.3 Å². The molecule has 6 nitrogen and oxygen atoms in total. The van der Waals surface area contributed by atoms with E-state index in [2.05, 4.69) is 15.3 Å². The second-order valence-corrected chi connectivity index (χ2v) is 11.2. The van der Waals surface area contributed by atoms with E-state index in [-0.39, 0.29) is 29.2 Å². The number of aryl methyl sites for hydroxylation is 3. The molecule has 0 bridgehead atoms. The van der Waals surface area contributed by atoms with Gasteiger partial charge in [-0.25, -0.2) is 18.4 Å². The fraction of sp³-hybridized carbons (Fsp3) is 0.588. The van der Waals surface area contributed by atoms with E-state index in [0.29, 0.717) is 6.42 Å². The quantitative estimate of drug-likeness (QED) is 0.613. The van der Waals surface area contributed by atoms with E-state index in [4.69, 9.17) is 0 Å². The summed E-state index contributed by atoms with van der Waals surface area (Å²) in [6.45, 7) is 1.88. The Morgan fingerprint density at radius 1 is 1.31 bits per heavy atom. The van der Waals surface area contributed by atoms with Crippen LogP contribution < -0.4 is 5.32 Å². The highest BCUT2D eigenvalue weighted by Crippen LogP contribution is 2.39. The van der Waals surface area contributed by atoms with Crippen LogP contribution in [0, 0.1) is 6.92 Å². The number of thiophene rings is 1. The summed E-state index contributed by atoms with van der Waals surface area (Å²) in [6.07, 6.45) is 5.08. The van der Waals surface area contributed by atoms with Crippen LogP contribution in [0.4, 0.5) is 0 Å². The van der Waals surface area contributed by atoms with Crippen molar-refractivity contribution in [2.75, 3.05) is 17.3 Å². The molecule has 0 unspecified atom stereocenters. The highest BCUT2D eigenvalue weighted by Gasteiger charge is 2.29. The van der Waals surface area contributed by atoms with Gasteiger partial charge < -0.3 is 5.32 Å². The molecule has 140 valence electrons. The third-order valence-corrected chi connectivity index (χ3v) is 8.76. The number of carbonyl (C=O) groups is 1. The number of nitrogens with one attached hydrogen (secondary N) is 1. The van der Waals surface area contributed by atoms with Crippen LogP contribution in [0.15, 0.2) is 5.03 Å². The molecule has 0 aromatic carbocycles. The molecule has 26 heavy (non-hydrogen) atoms. The summed E-state index contributed by atoms with van der Waals surface area (Å²) in [7, 11) is -2.99. The Labute approximate surface area is 161 Å². The van der Waals surface area contributed by atoms with E-state index in [1.807, 2.05) is 6.92 Å². The Kier molecular flexibility index (Phi) is 4.96. The molecule has 1 N–H and O–H groups in total. The summed E-state index contributed by atoms with van der Waals surface area (Å²) in [5.74, 6) is 1.05. The molecule has 1 amide bonds. The second kappa shape index (κ2) is 7.09. The minimum Gasteiger partial charge on any atom is -0.352 e. The molecule has 2 aliphatic rings. The molecule has 1 aliphatic carbocycles. The topological polar surface area (TPSA) is 89.0 Å². The SMILES string of the molecule is Cc1nc(SCC(=O)N[C@H]2CCS(=O)(=O)C2)c2c3c(sc2n1)CCCC3. The molecule has 0 spiro atoms. The normalized spacial score (nSPS) is 21.7. The first-order valence-corrected chi connectivity index (χ1v) is 12.4. The van der Waals surface area contributed by atoms with Crippen molar-refractivity contribution < 1.29 is 13.2 Å². The first-order valence-electron chi connectivity index (χ1n) is 8.83. The van der Waals surface area contributed by atoms with Gasteiger partial charge in [0.05, 0.1) is 17.3 Å². The Balaban J connectivity index is 1.50. The van der Waals surface area contributed by atoms with Crippen LogP contribution in [0.5, 0.6) is 0 Å². The molecule has 3 heterocycles. The third kappa shape index (κ3) is 3.75. The monoisotopic (exact) mass is 411 g/mol. The van der Waals surface area contributed by atoms with E-state index in [1.165, 1.54) is 35.0 Å². The molecule has 1 fully saturated rings. The number of hydrogen-bond donors (Lipinski definition) is 1. The maximum absolute atomic E-state index is 12.3. The standard InChI is InChI=1S/C17H21N3O3S3/c1-10-18-16(15-12-4-2-3-5-13(12)25-17(15)19-10)24-8-14(21)20-11-6-7-26(22,23)9-11/h11H,2-9H2,1H3,(H,20,21)/t11-/m0/s1. The van der Waals surface area contributed by atoms with Crippen molar-refractivity contribution >= 4 is 49.1 Å². The van der Waals surface area contributed by atoms with Crippen molar-refractivity contribution in [2.24, 2.45) is 0 Å². The zero-order chi connectivity index (χ0) is 18.3. The summed E-state index contributed by atoms with van der Waals surface area (Å²) in [6, 6.07) is -0.255. The van der Waals surface area contributed by atoms with Crippen molar-refractivity contribution in [3.8, 4) is 0 Å². The molecule has 1 saturated heterocycles. The van der Waals surface area contributed by atoms with Gasteiger partial charge in [-0.05, 0) is 44.6 Å². The number of nitrogens with zero attached hydrogens (tertiary/aromatic N) is 2. The number of sulfone groups is 1. The minimum atomic E-state index is -2.99. The predicted octanol–water partition coefficient (Wildman–Crippen LogP) is 2.27. The zero-order valence-corrected chi connectivity index (χ0v) is 17.0. The summed E-state index contributed by atoms with van der Waals surface area (Å²) in [4.78, 5) is 23.9. The molecule has 1 aliphatic heterocycles. The summed E-state index contributed by atoms with van der Waals surface area (Å²) in [5.41, 5.74) is 1.36. The van der Waals surface area contributed by atoms with Crippen LogP contribution >= 0.6 is 23.1 Å². The van der Waals surface area contributed by atoms with Gasteiger partial charge in [-0.1, -0.05) is 11.8 Å². The largest absolute Gasteiger partial charge is 0.352 e. The van der Waals surface area contributed by atoms with Crippen molar-refractivity contribution in [1.82, 2.24) is 15.3 Å². The van der Waals surface area contributed by atoms with Crippen LogP contribution in [0.25, 0.3) is 10.2 Å². The first kappa shape index (κ1) is 18.2. The van der Waals surface area contributed by atoms with Crippen LogP contribution in [0.1, 0.15) is 35.5 Å². The Bertz CT molecular complexity index is 969. The van der Waals surface area contributed by atoms with E-state index in [1.54, 1.807) is 11.3 Å². The molecule has 2 aromatic rings. The van der Waals surface area contributed by atoms with Crippen molar-refractivity contribution in [3.63, 3.8) is 0 Å². The highest BCUT2D eigenvalue weighted by atomic mass is 32.2. The summed E-state index contributed by atoms with van der Waals surface area (Å²) < 4.78 is 23.0. The van der Waals surface area contributed by atoms with Gasteiger partial charge in [0.15, 0.2) is 9.84 Å². The van der Waals surface area contributed by atoms with Crippen LogP contribution in [0.3, 0.4) is 0 Å². The molecule has 2 aromatic heterocycles. The van der Waals surface area contributed by atoms with E-state index in [0.717, 1.165) is 33.9 Å². The molecule has 0 radical (unpaired) electrons. The average molecular weight is 412 g/mol. The van der Waals surface area contributed by atoms with Crippen molar-refractivity contribution in [3.05, 3.63) is 16.3 Å². The van der Waals surface area contributed by atoms with Crippen molar-refractivity contribution in [2.45, 2.75) is 50.1 Å². The Morgan fingerprint density at radius 3 is 2.88 bits per heavy atom. The van der Waals surface area contributed by atoms with Gasteiger partial charge in [0.25, 0.3) is 0 Å². The molecular weight excluding hydrogens is 390 g/mol. The van der Waals surface area contributed by atoms with Crippen LogP contribution in [-0.4, -0.2) is 47.6 Å². The van der Waals surface area contributed by atoms with E-state index < -0.39 is 9.84 Å². The lowest BCUT2D eigenvalue weighted by Crippen LogP contribution is -2.36. The highest BCUT2D eigenvalue weighted by molar-refractivity contribution is 8.00. The van der Waals surface area contributed by atoms with Crippen molar-refractivity contribution in [1.29, 1.82) is 0 Å². The Hall–Kier alpha value is -1.19. The minimum absolute atomic E-state index is 0.0539. The van der Waals surface area contributed by atoms with Crippen LogP contribution in [-0.2, 0) is 27.5 Å². The van der Waals surface area contributed by atoms with Gasteiger partial charge in [0.2, 0.25) is 5.91 Å². The summed E-state index contributed by atoms with van der Waals surface area (Å²) in [5, 5.41) is 4.84. The molecule has 1 atom stereocenters. The predicted molar refractivity (Wildman–Crippen MR) is 105 cm³/mol. The lowest BCUT2D eigenvalue weighted by Gasteiger charge is -2.12. The third-order valence-electron chi connectivity index (χ3n) is 4.83. The second-order valence-electron chi connectivity index (χ2n) is 6.92. The number of hydrogen-bond acceptors (Lipinski definition) is 7. The van der Waals surface area contributed by atoms with E-state index in [9.17, 15) is 13.2 Å². The molecule has 9 heteroatoms. The Morgan fingerprint density at radius 2 is 2.12 bits per heavy atom. The van der Waals surface area contributed by atoms with Gasteiger partial charge in [-0.3, -0.25) is 4.79 Å². The lowest BCUT2D eigenvalue weighted by atomic mass is 9.97. The lowest BCUT2D eigenvalue weighted by molar-refractivity contribution is -0.119. The fourth-order valence-electron chi connectivity index (χ4n) is 3.64. The summed E-state index contributed by atoms with van der Waals surface area (Å²) >= 11 is 3.18. The van der Waals surface area contributed by atoms with Gasteiger partial charge in [0, 0.05) is 16.3 Å². The van der Waals surface area contributed by atoms with Crippen LogP contribution in [0.2, 0.25) is 0 Å². The number of aromatic nitrogens is 2. The van der Waals surface area contributed by atoms with E-state index >= 15 is 0 Å². The number of fused-ring (bicyclic) bond motifs is 3. The van der Waals surface area contributed by atoms with Gasteiger partial charge in [0.1, 0.15) is 15.7 Å². The smallest absolute Gasteiger partial charge is 0.230 e. The number of thioether (sulfide) groups is 1. The zero-order valence-electron chi connectivity index (χ0n) is 14.6. The maximum atomic E-state index is 12.3. The maximum Gasteiger partial charge on any atom is 0.230 e. The average Bonchev–Trinajstić information content (AvgIpc) is 3.11. The molecular formula is C17H21N3O3S3. The fourth-order valence-corrected chi connectivity index (χ4v) is 7.60. The van der Waals surface area contributed by atoms with Gasteiger partial charge in [-0.2, -0.15) is 0 Å². The molecule has 0 saturated carbocycles.